The Balaban J connectivity index is 1.90. The molecular formula is C19H20ClNO4. The summed E-state index contributed by atoms with van der Waals surface area (Å²) in [5.74, 6) is -0.377. The van der Waals surface area contributed by atoms with Crippen LogP contribution in [-0.2, 0) is 20.7 Å². The topological polar surface area (TPSA) is 64.6 Å². The number of esters is 1. The molecule has 0 aliphatic heterocycles. The molecule has 0 aliphatic carbocycles. The van der Waals surface area contributed by atoms with E-state index in [9.17, 15) is 9.59 Å². The lowest BCUT2D eigenvalue weighted by molar-refractivity contribution is -0.146. The van der Waals surface area contributed by atoms with E-state index in [0.29, 0.717) is 22.0 Å². The number of amides is 1. The van der Waals surface area contributed by atoms with Gasteiger partial charge in [-0.3, -0.25) is 9.59 Å². The Kier molecular flexibility index (Phi) is 6.42. The van der Waals surface area contributed by atoms with Crippen LogP contribution in [-0.4, -0.2) is 25.6 Å². The lowest BCUT2D eigenvalue weighted by Gasteiger charge is -2.11. The Bertz CT molecular complexity index is 789. The lowest BCUT2D eigenvalue weighted by atomic mass is 10.1. The van der Waals surface area contributed by atoms with Crippen molar-refractivity contribution in [3.05, 3.63) is 58.1 Å². The number of nitrogens with one attached hydrogen (secondary N) is 1. The minimum Gasteiger partial charge on any atom is -0.496 e. The predicted molar refractivity (Wildman–Crippen MR) is 97.2 cm³/mol. The molecule has 132 valence electrons. The number of rotatable bonds is 6. The second-order valence-corrected chi connectivity index (χ2v) is 6.10. The van der Waals surface area contributed by atoms with E-state index in [-0.39, 0.29) is 18.9 Å². The van der Waals surface area contributed by atoms with Crippen LogP contribution >= 0.6 is 11.6 Å². The van der Waals surface area contributed by atoms with Gasteiger partial charge < -0.3 is 14.8 Å². The number of benzene rings is 2. The van der Waals surface area contributed by atoms with Crippen LogP contribution in [0.3, 0.4) is 0 Å². The van der Waals surface area contributed by atoms with Gasteiger partial charge in [-0.25, -0.2) is 0 Å². The van der Waals surface area contributed by atoms with E-state index in [1.54, 1.807) is 18.2 Å². The number of methoxy groups -OCH3 is 1. The van der Waals surface area contributed by atoms with E-state index < -0.39 is 5.97 Å². The lowest BCUT2D eigenvalue weighted by Crippen LogP contribution is -2.22. The van der Waals surface area contributed by atoms with Crippen LogP contribution in [0.25, 0.3) is 0 Å². The summed E-state index contributed by atoms with van der Waals surface area (Å²) in [7, 11) is 1.51. The predicted octanol–water partition coefficient (Wildman–Crippen LogP) is 3.69. The van der Waals surface area contributed by atoms with Crippen molar-refractivity contribution in [3.63, 3.8) is 0 Å². The SMILES string of the molecule is COc1ccc(Cl)cc1CC(=O)OCC(=O)Nc1cc(C)ccc1C. The van der Waals surface area contributed by atoms with Gasteiger partial charge in [0.05, 0.1) is 13.5 Å². The van der Waals surface area contributed by atoms with E-state index in [2.05, 4.69) is 5.32 Å². The molecule has 0 aromatic heterocycles. The van der Waals surface area contributed by atoms with E-state index in [1.165, 1.54) is 7.11 Å². The largest absolute Gasteiger partial charge is 0.496 e. The first-order chi connectivity index (χ1) is 11.9. The number of carbonyl (C=O) groups is 2. The van der Waals surface area contributed by atoms with E-state index in [1.807, 2.05) is 32.0 Å². The quantitative estimate of drug-likeness (QED) is 0.797. The fraction of sp³-hybridized carbons (Fsp3) is 0.263. The van der Waals surface area contributed by atoms with Crippen LogP contribution in [0.15, 0.2) is 36.4 Å². The number of hydrogen-bond donors (Lipinski definition) is 1. The summed E-state index contributed by atoms with van der Waals surface area (Å²) in [6.07, 6.45) is -0.0273. The second kappa shape index (κ2) is 8.53. The van der Waals surface area contributed by atoms with E-state index >= 15 is 0 Å². The molecule has 2 aromatic rings. The van der Waals surface area contributed by atoms with Crippen LogP contribution < -0.4 is 10.1 Å². The van der Waals surface area contributed by atoms with E-state index in [0.717, 1.165) is 11.1 Å². The minimum atomic E-state index is -0.531. The average molecular weight is 362 g/mol. The maximum Gasteiger partial charge on any atom is 0.310 e. The number of aryl methyl sites for hydroxylation is 2. The highest BCUT2D eigenvalue weighted by Gasteiger charge is 2.13. The van der Waals surface area contributed by atoms with Crippen molar-refractivity contribution in [2.24, 2.45) is 0 Å². The Morgan fingerprint density at radius 3 is 2.60 bits per heavy atom. The molecule has 25 heavy (non-hydrogen) atoms. The number of hydrogen-bond acceptors (Lipinski definition) is 4. The van der Waals surface area contributed by atoms with E-state index in [4.69, 9.17) is 21.1 Å². The first kappa shape index (κ1) is 18.8. The Labute approximate surface area is 151 Å². The zero-order chi connectivity index (χ0) is 18.4. The first-order valence-corrected chi connectivity index (χ1v) is 8.12. The van der Waals surface area contributed by atoms with Gasteiger partial charge in [-0.2, -0.15) is 0 Å². The minimum absolute atomic E-state index is 0.0273. The summed E-state index contributed by atoms with van der Waals surface area (Å²) in [4.78, 5) is 23.9. The van der Waals surface area contributed by atoms with Gasteiger partial charge >= 0.3 is 5.97 Å². The summed E-state index contributed by atoms with van der Waals surface area (Å²) in [6.45, 7) is 3.48. The van der Waals surface area contributed by atoms with Gasteiger partial charge in [-0.1, -0.05) is 23.7 Å². The fourth-order valence-corrected chi connectivity index (χ4v) is 2.49. The third-order valence-corrected chi connectivity index (χ3v) is 3.84. The first-order valence-electron chi connectivity index (χ1n) is 7.74. The molecule has 2 rings (SSSR count). The molecule has 0 radical (unpaired) electrons. The van der Waals surface area contributed by atoms with Gasteiger partial charge in [0.1, 0.15) is 5.75 Å². The molecule has 0 saturated carbocycles. The molecule has 0 unspecified atom stereocenters. The van der Waals surface area contributed by atoms with Crippen molar-refractivity contribution in [2.45, 2.75) is 20.3 Å². The van der Waals surface area contributed by atoms with Gasteiger partial charge in [-0.05, 0) is 49.2 Å². The smallest absolute Gasteiger partial charge is 0.310 e. The third kappa shape index (κ3) is 5.50. The van der Waals surface area contributed by atoms with Crippen molar-refractivity contribution in [3.8, 4) is 5.75 Å². The molecular weight excluding hydrogens is 342 g/mol. The molecule has 0 fully saturated rings. The second-order valence-electron chi connectivity index (χ2n) is 5.66. The van der Waals surface area contributed by atoms with Gasteiger partial charge in [0, 0.05) is 16.3 Å². The van der Waals surface area contributed by atoms with Crippen LogP contribution in [0, 0.1) is 13.8 Å². The van der Waals surface area contributed by atoms with Crippen molar-refractivity contribution in [1.82, 2.24) is 0 Å². The Hall–Kier alpha value is -2.53. The van der Waals surface area contributed by atoms with Crippen LogP contribution in [0.4, 0.5) is 5.69 Å². The number of ether oxygens (including phenoxy) is 2. The standard InChI is InChI=1S/C19H20ClNO4/c1-12-4-5-13(2)16(8-12)21-18(22)11-25-19(23)10-14-9-15(20)6-7-17(14)24-3/h4-9H,10-11H2,1-3H3,(H,21,22). The summed E-state index contributed by atoms with van der Waals surface area (Å²) < 4.78 is 10.2. The van der Waals surface area contributed by atoms with Crippen molar-refractivity contribution < 1.29 is 19.1 Å². The zero-order valence-corrected chi connectivity index (χ0v) is 15.1. The molecule has 0 bridgehead atoms. The summed E-state index contributed by atoms with van der Waals surface area (Å²) >= 11 is 5.93. The van der Waals surface area contributed by atoms with Crippen LogP contribution in [0.1, 0.15) is 16.7 Å². The molecule has 0 saturated heterocycles. The van der Waals surface area contributed by atoms with Crippen molar-refractivity contribution in [1.29, 1.82) is 0 Å². The number of carbonyl (C=O) groups excluding carboxylic acids is 2. The van der Waals surface area contributed by atoms with Crippen molar-refractivity contribution >= 4 is 29.2 Å². The molecule has 5 nitrogen and oxygen atoms in total. The monoisotopic (exact) mass is 361 g/mol. The van der Waals surface area contributed by atoms with Crippen LogP contribution in [0.5, 0.6) is 5.75 Å². The normalized spacial score (nSPS) is 10.2. The van der Waals surface area contributed by atoms with Gasteiger partial charge in [0.25, 0.3) is 5.91 Å². The Morgan fingerprint density at radius 1 is 1.12 bits per heavy atom. The number of anilines is 1. The molecule has 1 N–H and O–H groups in total. The van der Waals surface area contributed by atoms with Crippen molar-refractivity contribution in [2.75, 3.05) is 19.0 Å². The molecule has 6 heteroatoms. The maximum atomic E-state index is 12.0. The van der Waals surface area contributed by atoms with Crippen LogP contribution in [0.2, 0.25) is 5.02 Å². The average Bonchev–Trinajstić information content (AvgIpc) is 2.56. The van der Waals surface area contributed by atoms with Gasteiger partial charge in [0.15, 0.2) is 6.61 Å². The highest BCUT2D eigenvalue weighted by atomic mass is 35.5. The zero-order valence-electron chi connectivity index (χ0n) is 14.4. The summed E-state index contributed by atoms with van der Waals surface area (Å²) in [5, 5.41) is 3.24. The maximum absolute atomic E-state index is 12.0. The molecule has 0 atom stereocenters. The fourth-order valence-electron chi connectivity index (χ4n) is 2.29. The van der Waals surface area contributed by atoms with Gasteiger partial charge in [-0.15, -0.1) is 0 Å². The molecule has 0 aliphatic rings. The molecule has 2 aromatic carbocycles. The number of halogens is 1. The highest BCUT2D eigenvalue weighted by Crippen LogP contribution is 2.23. The third-order valence-electron chi connectivity index (χ3n) is 3.61. The summed E-state index contributed by atoms with van der Waals surface area (Å²) in [6, 6.07) is 10.7. The molecule has 0 heterocycles. The summed E-state index contributed by atoms with van der Waals surface area (Å²) in [5.41, 5.74) is 3.28. The molecule has 1 amide bonds. The Morgan fingerprint density at radius 2 is 1.88 bits per heavy atom. The van der Waals surface area contributed by atoms with Gasteiger partial charge in [0.2, 0.25) is 0 Å². The highest BCUT2D eigenvalue weighted by molar-refractivity contribution is 6.30. The molecule has 0 spiro atoms.